The van der Waals surface area contributed by atoms with Gasteiger partial charge in [0.1, 0.15) is 0 Å². The maximum Gasteiger partial charge on any atom is 0.0314 e. The molecular weight excluding hydrogens is 198 g/mol. The number of anilines is 1. The van der Waals surface area contributed by atoms with Crippen molar-refractivity contribution >= 4 is 5.69 Å². The summed E-state index contributed by atoms with van der Waals surface area (Å²) in [6.45, 7) is 3.27. The molecule has 0 aromatic heterocycles. The van der Waals surface area contributed by atoms with Crippen molar-refractivity contribution in [3.05, 3.63) is 29.8 Å². The van der Waals surface area contributed by atoms with E-state index in [4.69, 9.17) is 5.73 Å². The minimum atomic E-state index is 0.832. The molecule has 0 saturated heterocycles. The molecule has 3 heteroatoms. The molecule has 0 aliphatic rings. The van der Waals surface area contributed by atoms with Gasteiger partial charge in [0.25, 0.3) is 0 Å². The summed E-state index contributed by atoms with van der Waals surface area (Å²) in [6.07, 6.45) is 1.21. The molecule has 0 amide bonds. The molecule has 2 N–H and O–H groups in total. The highest BCUT2D eigenvalue weighted by atomic mass is 15.1. The first kappa shape index (κ1) is 13.0. The quantitative estimate of drug-likeness (QED) is 0.741. The molecule has 16 heavy (non-hydrogen) atoms. The number of rotatable bonds is 6. The summed E-state index contributed by atoms with van der Waals surface area (Å²) in [5.74, 6) is 0. The average Bonchev–Trinajstić information content (AvgIpc) is 2.21. The molecule has 0 fully saturated rings. The molecule has 90 valence electrons. The number of hydrogen-bond acceptors (Lipinski definition) is 3. The van der Waals surface area contributed by atoms with E-state index in [1.807, 2.05) is 12.1 Å². The fourth-order valence-corrected chi connectivity index (χ4v) is 1.67. The van der Waals surface area contributed by atoms with Crippen LogP contribution in [-0.2, 0) is 6.54 Å². The number of nitrogens with zero attached hydrogens (tertiary/aromatic N) is 2. The summed E-state index contributed by atoms with van der Waals surface area (Å²) in [4.78, 5) is 4.56. The van der Waals surface area contributed by atoms with E-state index < -0.39 is 0 Å². The van der Waals surface area contributed by atoms with Crippen LogP contribution in [0.25, 0.3) is 0 Å². The van der Waals surface area contributed by atoms with Gasteiger partial charge in [-0.1, -0.05) is 12.1 Å². The van der Waals surface area contributed by atoms with Gasteiger partial charge in [0, 0.05) is 12.2 Å². The third-order valence-corrected chi connectivity index (χ3v) is 2.58. The Morgan fingerprint density at radius 3 is 2.19 bits per heavy atom. The Morgan fingerprint density at radius 2 is 1.62 bits per heavy atom. The van der Waals surface area contributed by atoms with Crippen molar-refractivity contribution in [2.24, 2.45) is 0 Å². The molecule has 0 heterocycles. The Balaban J connectivity index is 2.28. The lowest BCUT2D eigenvalue weighted by atomic mass is 10.2. The van der Waals surface area contributed by atoms with Crippen LogP contribution in [0.15, 0.2) is 24.3 Å². The highest BCUT2D eigenvalue weighted by Gasteiger charge is 2.00. The van der Waals surface area contributed by atoms with Crippen LogP contribution in [0.1, 0.15) is 12.0 Å². The van der Waals surface area contributed by atoms with Gasteiger partial charge >= 0.3 is 0 Å². The lowest BCUT2D eigenvalue weighted by Crippen LogP contribution is -2.23. The van der Waals surface area contributed by atoms with Crippen molar-refractivity contribution < 1.29 is 0 Å². The van der Waals surface area contributed by atoms with Crippen LogP contribution < -0.4 is 5.73 Å². The summed E-state index contributed by atoms with van der Waals surface area (Å²) in [6, 6.07) is 8.11. The van der Waals surface area contributed by atoms with Crippen molar-refractivity contribution in [3.8, 4) is 0 Å². The molecule has 0 saturated carbocycles. The molecule has 0 unspecified atom stereocenters. The van der Waals surface area contributed by atoms with Gasteiger partial charge in [-0.25, -0.2) is 0 Å². The number of benzene rings is 1. The minimum Gasteiger partial charge on any atom is -0.399 e. The Bertz CT molecular complexity index is 293. The molecule has 0 aliphatic heterocycles. The van der Waals surface area contributed by atoms with Crippen LogP contribution in [0.2, 0.25) is 0 Å². The highest BCUT2D eigenvalue weighted by Crippen LogP contribution is 2.07. The zero-order valence-corrected chi connectivity index (χ0v) is 10.6. The van der Waals surface area contributed by atoms with Gasteiger partial charge < -0.3 is 15.5 Å². The van der Waals surface area contributed by atoms with E-state index in [1.54, 1.807) is 0 Å². The van der Waals surface area contributed by atoms with Crippen LogP contribution in [0.4, 0.5) is 5.69 Å². The predicted octanol–water partition coefficient (Wildman–Crippen LogP) is 1.65. The smallest absolute Gasteiger partial charge is 0.0314 e. The maximum atomic E-state index is 5.65. The largest absolute Gasteiger partial charge is 0.399 e. The molecule has 1 rings (SSSR count). The van der Waals surface area contributed by atoms with Crippen molar-refractivity contribution in [1.29, 1.82) is 0 Å². The van der Waals surface area contributed by atoms with E-state index in [9.17, 15) is 0 Å². The van der Waals surface area contributed by atoms with Crippen molar-refractivity contribution in [2.45, 2.75) is 13.0 Å². The second-order valence-corrected chi connectivity index (χ2v) is 4.64. The number of hydrogen-bond donors (Lipinski definition) is 1. The van der Waals surface area contributed by atoms with Crippen LogP contribution in [0, 0.1) is 0 Å². The predicted molar refractivity (Wildman–Crippen MR) is 70.4 cm³/mol. The van der Waals surface area contributed by atoms with Crippen molar-refractivity contribution in [1.82, 2.24) is 9.80 Å². The third-order valence-electron chi connectivity index (χ3n) is 2.58. The SMILES string of the molecule is CN(C)CCCN(C)Cc1ccc(N)cc1. The van der Waals surface area contributed by atoms with E-state index in [0.29, 0.717) is 0 Å². The maximum absolute atomic E-state index is 5.65. The lowest BCUT2D eigenvalue weighted by Gasteiger charge is -2.18. The van der Waals surface area contributed by atoms with E-state index in [2.05, 4.69) is 43.1 Å². The Labute approximate surface area is 98.8 Å². The fraction of sp³-hybridized carbons (Fsp3) is 0.538. The summed E-state index contributed by atoms with van der Waals surface area (Å²) >= 11 is 0. The fourth-order valence-electron chi connectivity index (χ4n) is 1.67. The Kier molecular flexibility index (Phi) is 5.29. The molecule has 0 radical (unpaired) electrons. The summed E-state index contributed by atoms with van der Waals surface area (Å²) in [7, 11) is 6.38. The van der Waals surface area contributed by atoms with Gasteiger partial charge in [-0.2, -0.15) is 0 Å². The molecule has 0 atom stereocenters. The first-order chi connectivity index (χ1) is 7.58. The number of nitrogens with two attached hydrogens (primary N) is 1. The Morgan fingerprint density at radius 1 is 1.00 bits per heavy atom. The normalized spacial score (nSPS) is 11.3. The zero-order chi connectivity index (χ0) is 12.0. The first-order valence-electron chi connectivity index (χ1n) is 5.75. The van der Waals surface area contributed by atoms with Crippen molar-refractivity contribution in [2.75, 3.05) is 40.0 Å². The van der Waals surface area contributed by atoms with E-state index in [0.717, 1.165) is 25.3 Å². The minimum absolute atomic E-state index is 0.832. The Hall–Kier alpha value is -1.06. The van der Waals surface area contributed by atoms with Gasteiger partial charge in [-0.15, -0.1) is 0 Å². The van der Waals surface area contributed by atoms with Gasteiger partial charge in [0.15, 0.2) is 0 Å². The second kappa shape index (κ2) is 6.51. The van der Waals surface area contributed by atoms with Crippen LogP contribution in [0.5, 0.6) is 0 Å². The van der Waals surface area contributed by atoms with E-state index in [-0.39, 0.29) is 0 Å². The van der Waals surface area contributed by atoms with Crippen LogP contribution >= 0.6 is 0 Å². The molecule has 0 spiro atoms. The van der Waals surface area contributed by atoms with Crippen LogP contribution in [0.3, 0.4) is 0 Å². The van der Waals surface area contributed by atoms with Crippen molar-refractivity contribution in [3.63, 3.8) is 0 Å². The highest BCUT2D eigenvalue weighted by molar-refractivity contribution is 5.39. The monoisotopic (exact) mass is 221 g/mol. The van der Waals surface area contributed by atoms with Gasteiger partial charge in [-0.3, -0.25) is 0 Å². The molecule has 0 bridgehead atoms. The average molecular weight is 221 g/mol. The van der Waals surface area contributed by atoms with E-state index >= 15 is 0 Å². The molecule has 0 aliphatic carbocycles. The summed E-state index contributed by atoms with van der Waals surface area (Å²) in [5.41, 5.74) is 7.81. The van der Waals surface area contributed by atoms with Gasteiger partial charge in [0.2, 0.25) is 0 Å². The van der Waals surface area contributed by atoms with Gasteiger partial charge in [-0.05, 0) is 58.3 Å². The molecule has 3 nitrogen and oxygen atoms in total. The molecule has 1 aromatic carbocycles. The first-order valence-corrected chi connectivity index (χ1v) is 5.75. The second-order valence-electron chi connectivity index (χ2n) is 4.64. The third kappa shape index (κ3) is 5.14. The topological polar surface area (TPSA) is 32.5 Å². The van der Waals surface area contributed by atoms with E-state index in [1.165, 1.54) is 12.0 Å². The van der Waals surface area contributed by atoms with Gasteiger partial charge in [0.05, 0.1) is 0 Å². The summed E-state index contributed by atoms with van der Waals surface area (Å²) < 4.78 is 0. The molecule has 1 aromatic rings. The molecular formula is C13H23N3. The van der Waals surface area contributed by atoms with Crippen LogP contribution in [-0.4, -0.2) is 44.0 Å². The lowest BCUT2D eigenvalue weighted by molar-refractivity contribution is 0.294. The summed E-state index contributed by atoms with van der Waals surface area (Å²) in [5, 5.41) is 0. The number of nitrogen functional groups attached to an aromatic ring is 1. The zero-order valence-electron chi connectivity index (χ0n) is 10.6. The standard InChI is InChI=1S/C13H23N3/c1-15(2)9-4-10-16(3)11-12-5-7-13(14)8-6-12/h5-8H,4,9-11,14H2,1-3H3.